The van der Waals surface area contributed by atoms with Gasteiger partial charge in [-0.2, -0.15) is 4.98 Å². The molecule has 5 heteroatoms. The van der Waals surface area contributed by atoms with Crippen molar-refractivity contribution in [3.63, 3.8) is 0 Å². The van der Waals surface area contributed by atoms with Crippen LogP contribution in [0.3, 0.4) is 0 Å². The van der Waals surface area contributed by atoms with E-state index in [1.165, 1.54) is 0 Å². The van der Waals surface area contributed by atoms with E-state index in [0.29, 0.717) is 29.3 Å². The van der Waals surface area contributed by atoms with Gasteiger partial charge < -0.3 is 9.84 Å². The van der Waals surface area contributed by atoms with Crippen LogP contribution in [-0.4, -0.2) is 16.2 Å². The summed E-state index contributed by atoms with van der Waals surface area (Å²) in [6.45, 7) is 4.71. The van der Waals surface area contributed by atoms with Crippen molar-refractivity contribution in [3.05, 3.63) is 35.2 Å². The van der Waals surface area contributed by atoms with E-state index in [1.54, 1.807) is 12.1 Å². The first-order valence-electron chi connectivity index (χ1n) is 5.47. The van der Waals surface area contributed by atoms with Gasteiger partial charge in [0.25, 0.3) is 0 Å². The molecule has 0 fully saturated rings. The minimum absolute atomic E-state index is 0.390. The predicted molar refractivity (Wildman–Crippen MR) is 66.7 cm³/mol. The molecular weight excluding hydrogens is 238 g/mol. The van der Waals surface area contributed by atoms with Gasteiger partial charge in [-0.1, -0.05) is 30.6 Å². The molecule has 0 radical (unpaired) electrons. The molecule has 0 aliphatic rings. The lowest BCUT2D eigenvalue weighted by molar-refractivity contribution is 0.362. The number of hydrogen-bond donors (Lipinski definition) is 1. The Balaban J connectivity index is 2.10. The molecule has 1 heterocycles. The summed E-state index contributed by atoms with van der Waals surface area (Å²) >= 11 is 5.81. The van der Waals surface area contributed by atoms with Gasteiger partial charge in [0.15, 0.2) is 0 Å². The van der Waals surface area contributed by atoms with E-state index in [4.69, 9.17) is 16.1 Å². The molecule has 1 aromatic carbocycles. The molecule has 1 aromatic heterocycles. The SMILES string of the molecule is CC(C)NCc1nc(-c2ccc(Cl)cc2)no1. The fraction of sp³-hybridized carbons (Fsp3) is 0.333. The summed E-state index contributed by atoms with van der Waals surface area (Å²) in [6, 6.07) is 7.74. The van der Waals surface area contributed by atoms with Crippen LogP contribution in [0, 0.1) is 0 Å². The van der Waals surface area contributed by atoms with Crippen molar-refractivity contribution in [2.75, 3.05) is 0 Å². The van der Waals surface area contributed by atoms with E-state index >= 15 is 0 Å². The molecule has 0 aliphatic heterocycles. The van der Waals surface area contributed by atoms with Gasteiger partial charge in [-0.15, -0.1) is 0 Å². The molecule has 0 saturated carbocycles. The van der Waals surface area contributed by atoms with Crippen LogP contribution in [0.5, 0.6) is 0 Å². The van der Waals surface area contributed by atoms with Gasteiger partial charge in [0.1, 0.15) is 0 Å². The second kappa shape index (κ2) is 5.29. The molecule has 0 amide bonds. The van der Waals surface area contributed by atoms with Gasteiger partial charge in [-0.25, -0.2) is 0 Å². The monoisotopic (exact) mass is 251 g/mol. The maximum atomic E-state index is 5.81. The molecule has 2 rings (SSSR count). The van der Waals surface area contributed by atoms with Crippen molar-refractivity contribution in [1.82, 2.24) is 15.5 Å². The smallest absolute Gasteiger partial charge is 0.240 e. The third-order valence-electron chi connectivity index (χ3n) is 2.23. The first-order chi connectivity index (χ1) is 8.15. The van der Waals surface area contributed by atoms with E-state index in [-0.39, 0.29) is 0 Å². The van der Waals surface area contributed by atoms with Crippen LogP contribution in [0.4, 0.5) is 0 Å². The third kappa shape index (κ3) is 3.28. The van der Waals surface area contributed by atoms with Crippen LogP contribution >= 0.6 is 11.6 Å². The van der Waals surface area contributed by atoms with Crippen molar-refractivity contribution in [3.8, 4) is 11.4 Å². The molecule has 1 N–H and O–H groups in total. The highest BCUT2D eigenvalue weighted by Crippen LogP contribution is 2.18. The zero-order valence-corrected chi connectivity index (χ0v) is 10.5. The van der Waals surface area contributed by atoms with Crippen molar-refractivity contribution >= 4 is 11.6 Å². The molecule has 0 bridgehead atoms. The Morgan fingerprint density at radius 2 is 2.00 bits per heavy atom. The number of halogens is 1. The minimum Gasteiger partial charge on any atom is -0.338 e. The Bertz CT molecular complexity index is 479. The molecule has 0 aliphatic carbocycles. The van der Waals surface area contributed by atoms with Crippen molar-refractivity contribution < 1.29 is 4.52 Å². The van der Waals surface area contributed by atoms with Crippen LogP contribution in [0.15, 0.2) is 28.8 Å². The summed E-state index contributed by atoms with van der Waals surface area (Å²) < 4.78 is 5.14. The van der Waals surface area contributed by atoms with E-state index in [0.717, 1.165) is 5.56 Å². The summed E-state index contributed by atoms with van der Waals surface area (Å²) in [5.41, 5.74) is 0.897. The number of nitrogens with zero attached hydrogens (tertiary/aromatic N) is 2. The molecule has 17 heavy (non-hydrogen) atoms. The van der Waals surface area contributed by atoms with Crippen LogP contribution in [0.1, 0.15) is 19.7 Å². The topological polar surface area (TPSA) is 51.0 Å². The highest BCUT2D eigenvalue weighted by molar-refractivity contribution is 6.30. The lowest BCUT2D eigenvalue weighted by Crippen LogP contribution is -2.21. The van der Waals surface area contributed by atoms with Crippen molar-refractivity contribution in [2.24, 2.45) is 0 Å². The van der Waals surface area contributed by atoms with Gasteiger partial charge in [-0.05, 0) is 24.3 Å². The molecule has 2 aromatic rings. The zero-order chi connectivity index (χ0) is 12.3. The lowest BCUT2D eigenvalue weighted by Gasteiger charge is -2.02. The highest BCUT2D eigenvalue weighted by Gasteiger charge is 2.08. The quantitative estimate of drug-likeness (QED) is 0.908. The van der Waals surface area contributed by atoms with Gasteiger partial charge in [0, 0.05) is 16.6 Å². The van der Waals surface area contributed by atoms with Crippen LogP contribution < -0.4 is 5.32 Å². The fourth-order valence-electron chi connectivity index (χ4n) is 1.33. The number of aromatic nitrogens is 2. The number of rotatable bonds is 4. The maximum absolute atomic E-state index is 5.81. The summed E-state index contributed by atoms with van der Waals surface area (Å²) in [4.78, 5) is 4.30. The number of nitrogens with one attached hydrogen (secondary N) is 1. The van der Waals surface area contributed by atoms with Gasteiger partial charge in [0.05, 0.1) is 6.54 Å². The Morgan fingerprint density at radius 1 is 1.29 bits per heavy atom. The van der Waals surface area contributed by atoms with Crippen molar-refractivity contribution in [1.29, 1.82) is 0 Å². The Hall–Kier alpha value is -1.39. The van der Waals surface area contributed by atoms with E-state index < -0.39 is 0 Å². The summed E-state index contributed by atoms with van der Waals surface area (Å²) in [5.74, 6) is 1.17. The minimum atomic E-state index is 0.390. The number of benzene rings is 1. The molecule has 4 nitrogen and oxygen atoms in total. The average molecular weight is 252 g/mol. The first kappa shape index (κ1) is 12.1. The molecule has 0 unspecified atom stereocenters. The molecule has 0 spiro atoms. The Labute approximate surface area is 105 Å². The van der Waals surface area contributed by atoms with E-state index in [1.807, 2.05) is 12.1 Å². The van der Waals surface area contributed by atoms with Gasteiger partial charge in [-0.3, -0.25) is 0 Å². The lowest BCUT2D eigenvalue weighted by atomic mass is 10.2. The van der Waals surface area contributed by atoms with Crippen LogP contribution in [-0.2, 0) is 6.54 Å². The second-order valence-electron chi connectivity index (χ2n) is 4.05. The fourth-order valence-corrected chi connectivity index (χ4v) is 1.46. The third-order valence-corrected chi connectivity index (χ3v) is 2.48. The molecule has 0 saturated heterocycles. The van der Waals surface area contributed by atoms with Crippen LogP contribution in [0.25, 0.3) is 11.4 Å². The Morgan fingerprint density at radius 3 is 2.65 bits per heavy atom. The normalized spacial score (nSPS) is 11.1. The average Bonchev–Trinajstić information content (AvgIpc) is 2.76. The Kier molecular flexibility index (Phi) is 3.76. The zero-order valence-electron chi connectivity index (χ0n) is 9.77. The first-order valence-corrected chi connectivity index (χ1v) is 5.85. The molecule has 0 atom stereocenters. The standard InChI is InChI=1S/C12H14ClN3O/c1-8(2)14-7-11-15-12(16-17-11)9-3-5-10(13)6-4-9/h3-6,8,14H,7H2,1-2H3. The van der Waals surface area contributed by atoms with E-state index in [9.17, 15) is 0 Å². The van der Waals surface area contributed by atoms with Gasteiger partial charge in [0.2, 0.25) is 11.7 Å². The van der Waals surface area contributed by atoms with Crippen molar-refractivity contribution in [2.45, 2.75) is 26.4 Å². The molecular formula is C12H14ClN3O. The summed E-state index contributed by atoms with van der Waals surface area (Å²) in [7, 11) is 0. The van der Waals surface area contributed by atoms with Gasteiger partial charge >= 0.3 is 0 Å². The number of hydrogen-bond acceptors (Lipinski definition) is 4. The van der Waals surface area contributed by atoms with E-state index in [2.05, 4.69) is 29.3 Å². The maximum Gasteiger partial charge on any atom is 0.240 e. The predicted octanol–water partition coefficient (Wildman–Crippen LogP) is 2.89. The summed E-state index contributed by atoms with van der Waals surface area (Å²) in [5, 5.41) is 7.84. The molecule has 90 valence electrons. The largest absolute Gasteiger partial charge is 0.338 e. The van der Waals surface area contributed by atoms with Crippen LogP contribution in [0.2, 0.25) is 5.02 Å². The highest BCUT2D eigenvalue weighted by atomic mass is 35.5. The second-order valence-corrected chi connectivity index (χ2v) is 4.49. The summed E-state index contributed by atoms with van der Waals surface area (Å²) in [6.07, 6.45) is 0.